The highest BCUT2D eigenvalue weighted by Crippen LogP contribution is 2.33. The Morgan fingerprint density at radius 3 is 2.66 bits per heavy atom. The van der Waals surface area contributed by atoms with Crippen LogP contribution in [0.5, 0.6) is 0 Å². The molecule has 1 aliphatic heterocycles. The number of halogens is 1. The number of fused-ring (bicyclic) bond motifs is 1. The molecule has 0 fully saturated rings. The summed E-state index contributed by atoms with van der Waals surface area (Å²) in [6.07, 6.45) is 2.08. The molecule has 2 aromatic heterocycles. The van der Waals surface area contributed by atoms with Crippen molar-refractivity contribution in [2.75, 3.05) is 7.11 Å². The van der Waals surface area contributed by atoms with Crippen LogP contribution in [0.25, 0.3) is 17.4 Å². The summed E-state index contributed by atoms with van der Waals surface area (Å²) in [6, 6.07) is 16.0. The van der Waals surface area contributed by atoms with Gasteiger partial charge in [-0.15, -0.1) is 0 Å². The highest BCUT2D eigenvalue weighted by molar-refractivity contribution is 7.07. The van der Waals surface area contributed by atoms with Gasteiger partial charge in [-0.05, 0) is 30.2 Å². The Balaban J connectivity index is 1.62. The van der Waals surface area contributed by atoms with Gasteiger partial charge in [0.1, 0.15) is 11.5 Å². The average molecular weight is 550 g/mol. The number of non-ortho nitro benzene ring substituents is 1. The van der Waals surface area contributed by atoms with E-state index in [9.17, 15) is 19.7 Å². The first-order chi connectivity index (χ1) is 18.3. The van der Waals surface area contributed by atoms with Crippen LogP contribution in [0.1, 0.15) is 30.7 Å². The minimum absolute atomic E-state index is 0.127. The summed E-state index contributed by atoms with van der Waals surface area (Å²) in [4.78, 5) is 42.1. The van der Waals surface area contributed by atoms with Crippen LogP contribution < -0.4 is 14.9 Å². The van der Waals surface area contributed by atoms with Crippen molar-refractivity contribution in [2.24, 2.45) is 4.99 Å². The first kappa shape index (κ1) is 25.4. The number of nitro groups is 1. The number of aromatic nitrogens is 1. The van der Waals surface area contributed by atoms with Crippen molar-refractivity contribution >= 4 is 40.7 Å². The van der Waals surface area contributed by atoms with Gasteiger partial charge in [-0.2, -0.15) is 0 Å². The fourth-order valence-corrected chi connectivity index (χ4v) is 5.60. The first-order valence-electron chi connectivity index (χ1n) is 11.5. The van der Waals surface area contributed by atoms with E-state index in [4.69, 9.17) is 20.8 Å². The van der Waals surface area contributed by atoms with Crippen molar-refractivity contribution in [3.63, 3.8) is 0 Å². The molecule has 0 radical (unpaired) electrons. The molecule has 0 amide bonds. The summed E-state index contributed by atoms with van der Waals surface area (Å²) in [6.45, 7) is 1.89. The van der Waals surface area contributed by atoms with Gasteiger partial charge in [0.05, 0.1) is 38.9 Å². The molecule has 1 aliphatic rings. The SMILES string of the molecule is CCC1=C(C(=O)OC)[C@H](c2ccccc2)n2c(s/c(=C\c3ccc(-c4ccc([N+](=O)[O-])cc4Cl)o3)c2=O)=N1. The molecule has 9 nitrogen and oxygen atoms in total. The fraction of sp³-hybridized carbons (Fsp3) is 0.148. The number of allylic oxidation sites excluding steroid dienone is 1. The monoisotopic (exact) mass is 549 g/mol. The molecule has 4 aromatic rings. The quantitative estimate of drug-likeness (QED) is 0.197. The number of nitro benzene ring substituents is 1. The zero-order valence-corrected chi connectivity index (χ0v) is 21.8. The van der Waals surface area contributed by atoms with E-state index in [1.54, 1.807) is 18.2 Å². The molecule has 5 rings (SSSR count). The second kappa shape index (κ2) is 10.2. The number of hydrogen-bond donors (Lipinski definition) is 0. The van der Waals surface area contributed by atoms with Crippen LogP contribution in [0.2, 0.25) is 5.02 Å². The summed E-state index contributed by atoms with van der Waals surface area (Å²) in [5.74, 6) is 0.246. The van der Waals surface area contributed by atoms with Crippen molar-refractivity contribution in [1.82, 2.24) is 4.57 Å². The molecule has 2 aromatic carbocycles. The largest absolute Gasteiger partial charge is 0.466 e. The maximum atomic E-state index is 13.7. The molecule has 0 unspecified atom stereocenters. The Kier molecular flexibility index (Phi) is 6.83. The van der Waals surface area contributed by atoms with E-state index in [1.807, 2.05) is 37.3 Å². The number of rotatable bonds is 6. The predicted octanol–water partition coefficient (Wildman–Crippen LogP) is 4.62. The Bertz CT molecular complexity index is 1780. The minimum Gasteiger partial charge on any atom is -0.466 e. The van der Waals surface area contributed by atoms with Crippen LogP contribution in [-0.2, 0) is 9.53 Å². The summed E-state index contributed by atoms with van der Waals surface area (Å²) >= 11 is 7.43. The number of methoxy groups -OCH3 is 1. The van der Waals surface area contributed by atoms with Crippen molar-refractivity contribution in [3.05, 3.63) is 118 Å². The van der Waals surface area contributed by atoms with Gasteiger partial charge in [-0.25, -0.2) is 9.79 Å². The van der Waals surface area contributed by atoms with E-state index in [2.05, 4.69) is 4.99 Å². The maximum Gasteiger partial charge on any atom is 0.338 e. The third kappa shape index (κ3) is 4.48. The van der Waals surface area contributed by atoms with Gasteiger partial charge >= 0.3 is 5.97 Å². The lowest BCUT2D eigenvalue weighted by Gasteiger charge is -2.25. The van der Waals surface area contributed by atoms with E-state index in [0.717, 1.165) is 5.56 Å². The first-order valence-corrected chi connectivity index (χ1v) is 12.7. The normalized spacial score (nSPS) is 15.2. The number of ether oxygens (including phenoxy) is 1. The maximum absolute atomic E-state index is 13.7. The second-order valence-electron chi connectivity index (χ2n) is 8.32. The highest BCUT2D eigenvalue weighted by atomic mass is 35.5. The van der Waals surface area contributed by atoms with Gasteiger partial charge in [-0.1, -0.05) is 60.2 Å². The van der Waals surface area contributed by atoms with Crippen molar-refractivity contribution in [2.45, 2.75) is 19.4 Å². The number of carbonyl (C=O) groups excluding carboxylic acids is 1. The van der Waals surface area contributed by atoms with E-state index < -0.39 is 16.9 Å². The van der Waals surface area contributed by atoms with Crippen molar-refractivity contribution in [3.8, 4) is 11.3 Å². The van der Waals surface area contributed by atoms with Crippen LogP contribution >= 0.6 is 22.9 Å². The number of furan rings is 1. The van der Waals surface area contributed by atoms with Crippen LogP contribution in [0.15, 0.2) is 86.1 Å². The van der Waals surface area contributed by atoms with Crippen LogP contribution in [0.3, 0.4) is 0 Å². The average Bonchev–Trinajstić information content (AvgIpc) is 3.51. The van der Waals surface area contributed by atoms with Gasteiger partial charge in [-0.3, -0.25) is 19.5 Å². The smallest absolute Gasteiger partial charge is 0.338 e. The second-order valence-corrected chi connectivity index (χ2v) is 9.74. The number of carbonyl (C=O) groups is 1. The Labute approximate surface area is 224 Å². The lowest BCUT2D eigenvalue weighted by atomic mass is 9.95. The van der Waals surface area contributed by atoms with E-state index in [0.29, 0.717) is 44.1 Å². The van der Waals surface area contributed by atoms with Crippen LogP contribution in [0, 0.1) is 10.1 Å². The minimum atomic E-state index is -0.692. The molecule has 0 saturated heterocycles. The summed E-state index contributed by atoms with van der Waals surface area (Å²) in [5, 5.41) is 11.2. The zero-order chi connectivity index (χ0) is 27.0. The molecule has 3 heterocycles. The molecule has 192 valence electrons. The fourth-order valence-electron chi connectivity index (χ4n) is 4.34. The Hall–Kier alpha value is -4.28. The molecular weight excluding hydrogens is 530 g/mol. The Morgan fingerprint density at radius 1 is 1.24 bits per heavy atom. The van der Waals surface area contributed by atoms with E-state index in [-0.39, 0.29) is 16.3 Å². The van der Waals surface area contributed by atoms with Crippen LogP contribution in [0.4, 0.5) is 5.69 Å². The zero-order valence-electron chi connectivity index (χ0n) is 20.2. The highest BCUT2D eigenvalue weighted by Gasteiger charge is 2.33. The molecule has 38 heavy (non-hydrogen) atoms. The van der Waals surface area contributed by atoms with Gasteiger partial charge in [0.25, 0.3) is 11.2 Å². The number of thiazole rings is 1. The molecule has 0 aliphatic carbocycles. The molecule has 0 saturated carbocycles. The molecule has 11 heteroatoms. The van der Waals surface area contributed by atoms with E-state index in [1.165, 1.54) is 41.2 Å². The number of esters is 1. The number of hydrogen-bond acceptors (Lipinski definition) is 8. The molecule has 0 N–H and O–H groups in total. The molecular formula is C27H20ClN3O6S. The predicted molar refractivity (Wildman–Crippen MR) is 143 cm³/mol. The van der Waals surface area contributed by atoms with Crippen molar-refractivity contribution < 1.29 is 18.9 Å². The van der Waals surface area contributed by atoms with Gasteiger partial charge in [0.2, 0.25) is 0 Å². The number of benzene rings is 2. The van der Waals surface area contributed by atoms with Gasteiger partial charge < -0.3 is 9.15 Å². The molecule has 0 spiro atoms. The third-order valence-corrected chi connectivity index (χ3v) is 7.39. The van der Waals surface area contributed by atoms with Gasteiger partial charge in [0.15, 0.2) is 4.80 Å². The lowest BCUT2D eigenvalue weighted by Crippen LogP contribution is -2.40. The molecule has 0 bridgehead atoms. The summed E-state index contributed by atoms with van der Waals surface area (Å²) in [7, 11) is 1.31. The van der Waals surface area contributed by atoms with E-state index >= 15 is 0 Å². The topological polar surface area (TPSA) is 117 Å². The summed E-state index contributed by atoms with van der Waals surface area (Å²) in [5.41, 5.74) is 1.68. The van der Waals surface area contributed by atoms with Crippen molar-refractivity contribution in [1.29, 1.82) is 0 Å². The lowest BCUT2D eigenvalue weighted by molar-refractivity contribution is -0.384. The van der Waals surface area contributed by atoms with Gasteiger partial charge in [0, 0.05) is 23.8 Å². The third-order valence-electron chi connectivity index (χ3n) is 6.09. The standard InChI is InChI=1S/C27H20ClN3O6S/c1-3-20-23(26(33)36-2)24(15-7-5-4-6-8-15)30-25(32)22(38-27(30)29-20)14-17-10-12-21(37-17)18-11-9-16(31(34)35)13-19(18)28/h4-14,24H,3H2,1-2H3/b22-14-/t24-/m0/s1. The van der Waals surface area contributed by atoms with Crippen LogP contribution in [-0.4, -0.2) is 22.6 Å². The molecule has 1 atom stereocenters. The Morgan fingerprint density at radius 2 is 2.00 bits per heavy atom. The summed E-state index contributed by atoms with van der Waals surface area (Å²) < 4.78 is 12.8. The number of nitrogens with zero attached hydrogens (tertiary/aromatic N) is 3.